The molecule has 0 fully saturated rings. The summed E-state index contributed by atoms with van der Waals surface area (Å²) in [4.78, 5) is 25.4. The number of hydrogen-bond acceptors (Lipinski definition) is 5. The highest BCUT2D eigenvalue weighted by atomic mass is 16.5. The van der Waals surface area contributed by atoms with Crippen LogP contribution in [0.5, 0.6) is 11.5 Å². The number of carbonyl (C=O) groups is 1. The van der Waals surface area contributed by atoms with Crippen molar-refractivity contribution < 1.29 is 19.7 Å². The molecular formula is C24H25NO5. The molecule has 0 spiro atoms. The van der Waals surface area contributed by atoms with Crippen molar-refractivity contribution in [3.8, 4) is 11.5 Å². The lowest BCUT2D eigenvalue weighted by atomic mass is 9.88. The van der Waals surface area contributed by atoms with Gasteiger partial charge in [-0.3, -0.25) is 9.59 Å². The van der Waals surface area contributed by atoms with E-state index in [4.69, 9.17) is 4.74 Å². The van der Waals surface area contributed by atoms with Crippen LogP contribution in [0.3, 0.4) is 0 Å². The fraction of sp³-hybridized carbons (Fsp3) is 0.250. The Balaban J connectivity index is 2.02. The van der Waals surface area contributed by atoms with Crippen LogP contribution in [-0.2, 0) is 22.5 Å². The number of benzene rings is 2. The van der Waals surface area contributed by atoms with E-state index in [1.807, 2.05) is 30.3 Å². The second-order valence-corrected chi connectivity index (χ2v) is 7.20. The molecule has 1 aromatic heterocycles. The molecule has 156 valence electrons. The van der Waals surface area contributed by atoms with E-state index in [1.54, 1.807) is 41.8 Å². The lowest BCUT2D eigenvalue weighted by molar-refractivity contribution is -0.140. The third kappa shape index (κ3) is 4.71. The highest BCUT2D eigenvalue weighted by Crippen LogP contribution is 2.32. The Kier molecular flexibility index (Phi) is 6.57. The maximum absolute atomic E-state index is 13.4. The smallest absolute Gasteiger partial charge is 0.306 e. The summed E-state index contributed by atoms with van der Waals surface area (Å²) < 4.78 is 6.43. The number of aromatic nitrogens is 1. The van der Waals surface area contributed by atoms with Crippen molar-refractivity contribution >= 4 is 5.97 Å². The fourth-order valence-electron chi connectivity index (χ4n) is 3.60. The number of methoxy groups -OCH3 is 1. The molecule has 0 aliphatic carbocycles. The number of phenols is 1. The minimum Gasteiger partial charge on any atom is -0.508 e. The first-order valence-corrected chi connectivity index (χ1v) is 9.73. The fourth-order valence-corrected chi connectivity index (χ4v) is 3.60. The van der Waals surface area contributed by atoms with Gasteiger partial charge in [0.05, 0.1) is 19.1 Å². The SMILES string of the molecule is COC(=O)C[C@H](c1ccccc1)c1c(O)cc(C)n(CCc2ccc(O)cc2)c1=O. The average molecular weight is 407 g/mol. The zero-order chi connectivity index (χ0) is 21.7. The molecule has 1 heterocycles. The number of aryl methyl sites for hydroxylation is 2. The minimum absolute atomic E-state index is 0.0513. The second kappa shape index (κ2) is 9.31. The molecule has 6 heteroatoms. The van der Waals surface area contributed by atoms with Gasteiger partial charge in [0.2, 0.25) is 0 Å². The third-order valence-corrected chi connectivity index (χ3v) is 5.23. The van der Waals surface area contributed by atoms with Crippen molar-refractivity contribution in [3.63, 3.8) is 0 Å². The van der Waals surface area contributed by atoms with Crippen LogP contribution >= 0.6 is 0 Å². The number of rotatable bonds is 7. The van der Waals surface area contributed by atoms with Crippen LogP contribution in [0.2, 0.25) is 0 Å². The Morgan fingerprint density at radius 2 is 1.73 bits per heavy atom. The molecule has 0 saturated carbocycles. The van der Waals surface area contributed by atoms with Gasteiger partial charge < -0.3 is 19.5 Å². The van der Waals surface area contributed by atoms with Crippen LogP contribution < -0.4 is 5.56 Å². The van der Waals surface area contributed by atoms with Gasteiger partial charge in [-0.15, -0.1) is 0 Å². The molecule has 1 atom stereocenters. The van der Waals surface area contributed by atoms with E-state index in [1.165, 1.54) is 7.11 Å². The van der Waals surface area contributed by atoms with Crippen molar-refractivity contribution in [1.82, 2.24) is 4.57 Å². The third-order valence-electron chi connectivity index (χ3n) is 5.23. The zero-order valence-corrected chi connectivity index (χ0v) is 17.0. The van der Waals surface area contributed by atoms with Gasteiger partial charge in [0.25, 0.3) is 5.56 Å². The van der Waals surface area contributed by atoms with Crippen LogP contribution in [0.25, 0.3) is 0 Å². The molecule has 0 saturated heterocycles. The summed E-state index contributed by atoms with van der Waals surface area (Å²) in [5.41, 5.74) is 2.21. The predicted octanol–water partition coefficient (Wildman–Crippen LogP) is 3.51. The van der Waals surface area contributed by atoms with Gasteiger partial charge in [0.1, 0.15) is 11.5 Å². The summed E-state index contributed by atoms with van der Waals surface area (Å²) >= 11 is 0. The first-order valence-electron chi connectivity index (χ1n) is 9.73. The summed E-state index contributed by atoms with van der Waals surface area (Å²) in [5.74, 6) is -1.02. The highest BCUT2D eigenvalue weighted by molar-refractivity contribution is 5.71. The molecule has 0 radical (unpaired) electrons. The Bertz CT molecular complexity index is 1070. The molecule has 6 nitrogen and oxygen atoms in total. The Labute approximate surface area is 175 Å². The van der Waals surface area contributed by atoms with Crippen molar-refractivity contribution in [2.75, 3.05) is 7.11 Å². The maximum Gasteiger partial charge on any atom is 0.306 e. The van der Waals surface area contributed by atoms with E-state index in [-0.39, 0.29) is 29.0 Å². The van der Waals surface area contributed by atoms with Crippen molar-refractivity contribution in [2.24, 2.45) is 0 Å². The lowest BCUT2D eigenvalue weighted by Crippen LogP contribution is -2.29. The van der Waals surface area contributed by atoms with E-state index in [0.29, 0.717) is 18.7 Å². The van der Waals surface area contributed by atoms with Crippen LogP contribution in [0.15, 0.2) is 65.5 Å². The largest absolute Gasteiger partial charge is 0.508 e. The number of ether oxygens (including phenoxy) is 1. The van der Waals surface area contributed by atoms with Crippen molar-refractivity contribution in [1.29, 1.82) is 0 Å². The number of hydrogen-bond donors (Lipinski definition) is 2. The second-order valence-electron chi connectivity index (χ2n) is 7.20. The number of phenolic OH excluding ortho intramolecular Hbond substituents is 1. The van der Waals surface area contributed by atoms with Gasteiger partial charge in [0, 0.05) is 18.2 Å². The number of esters is 1. The number of pyridine rings is 1. The van der Waals surface area contributed by atoms with Gasteiger partial charge in [-0.05, 0) is 42.7 Å². The standard InChI is InChI=1S/C24H25NO5/c1-16-14-21(27)23(20(15-22(28)30-2)18-6-4-3-5-7-18)24(29)25(16)13-12-17-8-10-19(26)11-9-17/h3-11,14,20,26-27H,12-13,15H2,1-2H3/t20-/m1/s1. The molecule has 2 N–H and O–H groups in total. The lowest BCUT2D eigenvalue weighted by Gasteiger charge is -2.20. The van der Waals surface area contributed by atoms with E-state index < -0.39 is 11.9 Å². The van der Waals surface area contributed by atoms with E-state index in [2.05, 4.69) is 0 Å². The Morgan fingerprint density at radius 3 is 2.37 bits per heavy atom. The van der Waals surface area contributed by atoms with E-state index in [9.17, 15) is 19.8 Å². The predicted molar refractivity (Wildman–Crippen MR) is 114 cm³/mol. The van der Waals surface area contributed by atoms with Gasteiger partial charge >= 0.3 is 5.97 Å². The topological polar surface area (TPSA) is 88.8 Å². The van der Waals surface area contributed by atoms with Gasteiger partial charge in [-0.25, -0.2) is 0 Å². The minimum atomic E-state index is -0.619. The summed E-state index contributed by atoms with van der Waals surface area (Å²) in [6.45, 7) is 2.17. The van der Waals surface area contributed by atoms with Crippen LogP contribution in [0.1, 0.15) is 34.7 Å². The van der Waals surface area contributed by atoms with Crippen molar-refractivity contribution in [3.05, 3.63) is 93.4 Å². The summed E-state index contributed by atoms with van der Waals surface area (Å²) in [6, 6.07) is 17.5. The summed E-state index contributed by atoms with van der Waals surface area (Å²) in [7, 11) is 1.30. The summed E-state index contributed by atoms with van der Waals surface area (Å²) in [5, 5.41) is 20.1. The monoisotopic (exact) mass is 407 g/mol. The quantitative estimate of drug-likeness (QED) is 0.585. The molecule has 0 unspecified atom stereocenters. The van der Waals surface area contributed by atoms with E-state index in [0.717, 1.165) is 11.1 Å². The van der Waals surface area contributed by atoms with Crippen LogP contribution in [-0.4, -0.2) is 27.9 Å². The highest BCUT2D eigenvalue weighted by Gasteiger charge is 2.26. The molecule has 0 aliphatic rings. The normalized spacial score (nSPS) is 11.8. The average Bonchev–Trinajstić information content (AvgIpc) is 2.74. The van der Waals surface area contributed by atoms with Gasteiger partial charge in [0.15, 0.2) is 0 Å². The maximum atomic E-state index is 13.4. The van der Waals surface area contributed by atoms with Gasteiger partial charge in [-0.2, -0.15) is 0 Å². The molecule has 0 aliphatic heterocycles. The molecule has 2 aromatic carbocycles. The Morgan fingerprint density at radius 1 is 1.07 bits per heavy atom. The molecule has 0 bridgehead atoms. The molecular weight excluding hydrogens is 382 g/mol. The number of carbonyl (C=O) groups excluding carboxylic acids is 1. The molecule has 0 amide bonds. The number of aromatic hydroxyl groups is 2. The van der Waals surface area contributed by atoms with Crippen LogP contribution in [0, 0.1) is 6.92 Å². The number of nitrogens with zero attached hydrogens (tertiary/aromatic N) is 1. The molecule has 3 rings (SSSR count). The van der Waals surface area contributed by atoms with E-state index >= 15 is 0 Å². The molecule has 3 aromatic rings. The zero-order valence-electron chi connectivity index (χ0n) is 17.0. The van der Waals surface area contributed by atoms with Gasteiger partial charge in [-0.1, -0.05) is 42.5 Å². The van der Waals surface area contributed by atoms with Crippen molar-refractivity contribution in [2.45, 2.75) is 32.2 Å². The van der Waals surface area contributed by atoms with Crippen LogP contribution in [0.4, 0.5) is 0 Å². The molecule has 30 heavy (non-hydrogen) atoms. The Hall–Kier alpha value is -3.54. The summed E-state index contributed by atoms with van der Waals surface area (Å²) in [6.07, 6.45) is 0.530. The first kappa shape index (κ1) is 21.2. The first-order chi connectivity index (χ1) is 14.4.